The number of benzene rings is 2. The number of hydrogen-bond donors (Lipinski definition) is 1. The van der Waals surface area contributed by atoms with E-state index in [4.69, 9.17) is 10.5 Å². The van der Waals surface area contributed by atoms with Crippen molar-refractivity contribution in [1.82, 2.24) is 0 Å². The molecule has 2 rings (SSSR count). The predicted molar refractivity (Wildman–Crippen MR) is 70.7 cm³/mol. The maximum atomic E-state index is 12.3. The Morgan fingerprint density at radius 3 is 2.33 bits per heavy atom. The molecule has 3 heteroatoms. The zero-order valence-corrected chi connectivity index (χ0v) is 10.2. The molecule has 0 saturated heterocycles. The number of hydrogen-bond acceptors (Lipinski definition) is 3. The van der Waals surface area contributed by atoms with E-state index in [2.05, 4.69) is 0 Å². The number of nitrogens with two attached hydrogens (primary N) is 1. The SMILES string of the molecule is COc1ccccc1C(=O)C(N)c1ccccc1. The Labute approximate surface area is 106 Å². The van der Waals surface area contributed by atoms with Gasteiger partial charge in [-0.15, -0.1) is 0 Å². The average Bonchev–Trinajstić information content (AvgIpc) is 2.46. The van der Waals surface area contributed by atoms with Crippen molar-refractivity contribution in [2.45, 2.75) is 6.04 Å². The summed E-state index contributed by atoms with van der Waals surface area (Å²) >= 11 is 0. The average molecular weight is 241 g/mol. The maximum Gasteiger partial charge on any atom is 0.187 e. The van der Waals surface area contributed by atoms with E-state index in [0.29, 0.717) is 11.3 Å². The number of rotatable bonds is 4. The summed E-state index contributed by atoms with van der Waals surface area (Å²) in [6, 6.07) is 15.8. The molecule has 1 atom stereocenters. The third kappa shape index (κ3) is 2.41. The van der Waals surface area contributed by atoms with E-state index in [0.717, 1.165) is 5.56 Å². The monoisotopic (exact) mass is 241 g/mol. The third-order valence-corrected chi connectivity index (χ3v) is 2.81. The molecule has 0 aliphatic carbocycles. The van der Waals surface area contributed by atoms with Crippen LogP contribution in [0.1, 0.15) is 22.0 Å². The number of ketones is 1. The van der Waals surface area contributed by atoms with E-state index in [1.54, 1.807) is 25.3 Å². The molecule has 0 aliphatic heterocycles. The molecule has 3 nitrogen and oxygen atoms in total. The highest BCUT2D eigenvalue weighted by Crippen LogP contribution is 2.23. The van der Waals surface area contributed by atoms with Gasteiger partial charge in [-0.25, -0.2) is 0 Å². The van der Waals surface area contributed by atoms with Gasteiger partial charge in [-0.2, -0.15) is 0 Å². The lowest BCUT2D eigenvalue weighted by molar-refractivity contribution is 0.0958. The standard InChI is InChI=1S/C15H15NO2/c1-18-13-10-6-5-9-12(13)15(17)14(16)11-7-3-2-4-8-11/h2-10,14H,16H2,1H3. The van der Waals surface area contributed by atoms with E-state index in [9.17, 15) is 4.79 Å². The van der Waals surface area contributed by atoms with Crippen LogP contribution in [-0.2, 0) is 0 Å². The molecule has 0 amide bonds. The molecule has 92 valence electrons. The van der Waals surface area contributed by atoms with Crippen LogP contribution in [0.5, 0.6) is 5.75 Å². The number of carbonyl (C=O) groups is 1. The number of para-hydroxylation sites is 1. The number of ether oxygens (including phenoxy) is 1. The molecule has 0 aromatic heterocycles. The lowest BCUT2D eigenvalue weighted by atomic mass is 9.98. The largest absolute Gasteiger partial charge is 0.496 e. The van der Waals surface area contributed by atoms with Gasteiger partial charge in [-0.1, -0.05) is 42.5 Å². The fourth-order valence-corrected chi connectivity index (χ4v) is 1.83. The maximum absolute atomic E-state index is 12.3. The first-order chi connectivity index (χ1) is 8.74. The third-order valence-electron chi connectivity index (χ3n) is 2.81. The Kier molecular flexibility index (Phi) is 3.75. The van der Waals surface area contributed by atoms with Crippen LogP contribution in [0.2, 0.25) is 0 Å². The van der Waals surface area contributed by atoms with E-state index in [1.807, 2.05) is 36.4 Å². The highest BCUT2D eigenvalue weighted by Gasteiger charge is 2.20. The second-order valence-electron chi connectivity index (χ2n) is 3.95. The van der Waals surface area contributed by atoms with Crippen molar-refractivity contribution in [2.75, 3.05) is 7.11 Å². The topological polar surface area (TPSA) is 52.3 Å². The quantitative estimate of drug-likeness (QED) is 0.837. The summed E-state index contributed by atoms with van der Waals surface area (Å²) in [4.78, 5) is 12.3. The molecule has 18 heavy (non-hydrogen) atoms. The molecule has 2 N–H and O–H groups in total. The minimum absolute atomic E-state index is 0.140. The fraction of sp³-hybridized carbons (Fsp3) is 0.133. The van der Waals surface area contributed by atoms with Gasteiger partial charge in [0.05, 0.1) is 18.7 Å². The van der Waals surface area contributed by atoms with Gasteiger partial charge < -0.3 is 10.5 Å². The Bertz CT molecular complexity index is 537. The second kappa shape index (κ2) is 5.47. The highest BCUT2D eigenvalue weighted by molar-refractivity contribution is 6.02. The molecule has 0 bridgehead atoms. The first-order valence-electron chi connectivity index (χ1n) is 5.72. The summed E-state index contributed by atoms with van der Waals surface area (Å²) in [6.45, 7) is 0. The van der Waals surface area contributed by atoms with Gasteiger partial charge >= 0.3 is 0 Å². The molecule has 0 fully saturated rings. The molecule has 0 aliphatic rings. The van der Waals surface area contributed by atoms with Crippen molar-refractivity contribution < 1.29 is 9.53 Å². The predicted octanol–water partition coefficient (Wildman–Crippen LogP) is 2.58. The van der Waals surface area contributed by atoms with Crippen molar-refractivity contribution >= 4 is 5.78 Å². The zero-order chi connectivity index (χ0) is 13.0. The van der Waals surface area contributed by atoms with Crippen LogP contribution in [0.3, 0.4) is 0 Å². The lowest BCUT2D eigenvalue weighted by Crippen LogP contribution is -2.21. The summed E-state index contributed by atoms with van der Waals surface area (Å²) < 4.78 is 5.18. The van der Waals surface area contributed by atoms with Crippen LogP contribution in [0.25, 0.3) is 0 Å². The van der Waals surface area contributed by atoms with Gasteiger partial charge in [-0.05, 0) is 17.7 Å². The fourth-order valence-electron chi connectivity index (χ4n) is 1.83. The molecule has 0 radical (unpaired) electrons. The van der Waals surface area contributed by atoms with Crippen molar-refractivity contribution in [1.29, 1.82) is 0 Å². The van der Waals surface area contributed by atoms with Crippen molar-refractivity contribution in [3.8, 4) is 5.75 Å². The minimum atomic E-state index is -0.664. The summed E-state index contributed by atoms with van der Waals surface area (Å²) in [5.41, 5.74) is 7.30. The number of carbonyl (C=O) groups excluding carboxylic acids is 1. The Hall–Kier alpha value is -2.13. The molecular formula is C15H15NO2. The first kappa shape index (κ1) is 12.3. The summed E-state index contributed by atoms with van der Waals surface area (Å²) in [5, 5.41) is 0. The highest BCUT2D eigenvalue weighted by atomic mass is 16.5. The number of methoxy groups -OCH3 is 1. The van der Waals surface area contributed by atoms with Crippen LogP contribution >= 0.6 is 0 Å². The molecule has 0 heterocycles. The van der Waals surface area contributed by atoms with Crippen LogP contribution in [0.15, 0.2) is 54.6 Å². The van der Waals surface area contributed by atoms with Crippen molar-refractivity contribution in [3.05, 3.63) is 65.7 Å². The second-order valence-corrected chi connectivity index (χ2v) is 3.95. The summed E-state index contributed by atoms with van der Waals surface area (Å²) in [6.07, 6.45) is 0. The normalized spacial score (nSPS) is 11.9. The Morgan fingerprint density at radius 2 is 1.67 bits per heavy atom. The molecule has 2 aromatic rings. The zero-order valence-electron chi connectivity index (χ0n) is 10.2. The van der Waals surface area contributed by atoms with Crippen LogP contribution in [0.4, 0.5) is 0 Å². The first-order valence-corrected chi connectivity index (χ1v) is 5.72. The van der Waals surface area contributed by atoms with Crippen molar-refractivity contribution in [3.63, 3.8) is 0 Å². The lowest BCUT2D eigenvalue weighted by Gasteiger charge is -2.13. The van der Waals surface area contributed by atoms with Crippen LogP contribution < -0.4 is 10.5 Å². The van der Waals surface area contributed by atoms with E-state index in [-0.39, 0.29) is 5.78 Å². The van der Waals surface area contributed by atoms with Gasteiger partial charge in [0.2, 0.25) is 0 Å². The van der Waals surface area contributed by atoms with Gasteiger partial charge in [-0.3, -0.25) is 4.79 Å². The molecule has 0 saturated carbocycles. The number of Topliss-reactive ketones (excluding diaryl/α,β-unsaturated/α-hetero) is 1. The smallest absolute Gasteiger partial charge is 0.187 e. The van der Waals surface area contributed by atoms with E-state index < -0.39 is 6.04 Å². The van der Waals surface area contributed by atoms with Crippen LogP contribution in [0, 0.1) is 0 Å². The molecule has 2 aromatic carbocycles. The van der Waals surface area contributed by atoms with Crippen molar-refractivity contribution in [2.24, 2.45) is 5.73 Å². The minimum Gasteiger partial charge on any atom is -0.496 e. The van der Waals surface area contributed by atoms with Gasteiger partial charge in [0.1, 0.15) is 5.75 Å². The molecule has 1 unspecified atom stereocenters. The Balaban J connectivity index is 2.32. The molecule has 0 spiro atoms. The van der Waals surface area contributed by atoms with Crippen LogP contribution in [-0.4, -0.2) is 12.9 Å². The Morgan fingerprint density at radius 1 is 1.06 bits per heavy atom. The van der Waals surface area contributed by atoms with Gasteiger partial charge in [0, 0.05) is 0 Å². The van der Waals surface area contributed by atoms with Gasteiger partial charge in [0.25, 0.3) is 0 Å². The summed E-state index contributed by atoms with van der Waals surface area (Å²) in [7, 11) is 1.54. The summed E-state index contributed by atoms with van der Waals surface area (Å²) in [5.74, 6) is 0.410. The molecular weight excluding hydrogens is 226 g/mol. The van der Waals surface area contributed by atoms with E-state index in [1.165, 1.54) is 0 Å². The van der Waals surface area contributed by atoms with Gasteiger partial charge in [0.15, 0.2) is 5.78 Å². The van der Waals surface area contributed by atoms with E-state index >= 15 is 0 Å².